The Morgan fingerprint density at radius 1 is 1.03 bits per heavy atom. The van der Waals surface area contributed by atoms with Crippen molar-refractivity contribution in [2.24, 2.45) is 0 Å². The minimum absolute atomic E-state index is 0.0990. The van der Waals surface area contributed by atoms with Crippen molar-refractivity contribution in [1.29, 1.82) is 0 Å². The second kappa shape index (κ2) is 11.4. The van der Waals surface area contributed by atoms with Crippen LogP contribution < -0.4 is 9.47 Å². The Morgan fingerprint density at radius 3 is 2.49 bits per heavy atom. The van der Waals surface area contributed by atoms with Gasteiger partial charge in [-0.05, 0) is 47.4 Å². The standard InChI is InChI=1S/C29H26N2O5S3/c1-2-20(17-28-31(19-29(32)33)23-10-6-7-11-25(23)37-28)16-27-30(14-15-39(34,35)36)24-18-22(12-13-26(24)38-27)21-8-4-3-5-9-21/h3-13,16-18H,2,14-15,19H2,1H3,(H-,32,33,34,35,36)/p+1. The average Bonchev–Trinajstić information content (AvgIpc) is 3.43. The van der Waals surface area contributed by atoms with Crippen molar-refractivity contribution in [3.63, 3.8) is 0 Å². The van der Waals surface area contributed by atoms with E-state index in [0.717, 1.165) is 47.5 Å². The highest BCUT2D eigenvalue weighted by Crippen LogP contribution is 2.48. The Hall–Kier alpha value is -3.44. The number of benzene rings is 3. The summed E-state index contributed by atoms with van der Waals surface area (Å²) in [5.41, 5.74) is 4.79. The second-order valence-electron chi connectivity index (χ2n) is 9.03. The van der Waals surface area contributed by atoms with Gasteiger partial charge in [0.2, 0.25) is 12.1 Å². The van der Waals surface area contributed by atoms with Crippen LogP contribution in [0.1, 0.15) is 18.4 Å². The smallest absolute Gasteiger partial charge is 0.370 e. The number of nitrogens with zero attached hydrogens (tertiary/aromatic N) is 2. The van der Waals surface area contributed by atoms with Gasteiger partial charge in [0.1, 0.15) is 4.70 Å². The van der Waals surface area contributed by atoms with Crippen LogP contribution in [0, 0.1) is 0 Å². The van der Waals surface area contributed by atoms with E-state index in [2.05, 4.69) is 0 Å². The van der Waals surface area contributed by atoms with Gasteiger partial charge in [0.25, 0.3) is 15.1 Å². The van der Waals surface area contributed by atoms with E-state index in [1.807, 2.05) is 96.8 Å². The molecule has 1 aliphatic rings. The van der Waals surface area contributed by atoms with Crippen LogP contribution in [0.4, 0.5) is 5.69 Å². The van der Waals surface area contributed by atoms with E-state index >= 15 is 0 Å². The lowest BCUT2D eigenvalue weighted by Crippen LogP contribution is -2.39. The van der Waals surface area contributed by atoms with Crippen LogP contribution in [0.2, 0.25) is 0 Å². The van der Waals surface area contributed by atoms with Crippen molar-refractivity contribution in [2.45, 2.75) is 24.8 Å². The molecule has 2 heterocycles. The number of carbonyl (C=O) groups is 1. The van der Waals surface area contributed by atoms with E-state index in [-0.39, 0.29) is 13.1 Å². The highest BCUT2D eigenvalue weighted by atomic mass is 32.2. The van der Waals surface area contributed by atoms with Crippen LogP contribution in [0.15, 0.2) is 94.4 Å². The Balaban J connectivity index is 1.56. The molecule has 1 aliphatic heterocycles. The molecule has 200 valence electrons. The number of hydrogen-bond donors (Lipinski definition) is 2. The molecule has 0 saturated carbocycles. The number of thioether (sulfide) groups is 1. The molecule has 4 aromatic rings. The van der Waals surface area contributed by atoms with Gasteiger partial charge in [-0.1, -0.05) is 78.6 Å². The molecule has 0 radical (unpaired) electrons. The highest BCUT2D eigenvalue weighted by molar-refractivity contribution is 8.03. The SMILES string of the molecule is CCC(=Cc1sc2ccccc2[n+]1CC(=O)O)/C=C1\Sc2ccc(-c3ccccc3)cc2N1CCS(=O)(=O)O. The van der Waals surface area contributed by atoms with Crippen molar-refractivity contribution in [1.82, 2.24) is 0 Å². The summed E-state index contributed by atoms with van der Waals surface area (Å²) in [6.07, 6.45) is 4.70. The molecule has 0 bridgehead atoms. The molecule has 0 amide bonds. The molecule has 3 aromatic carbocycles. The van der Waals surface area contributed by atoms with Crippen molar-refractivity contribution < 1.29 is 27.4 Å². The molecular weight excluding hydrogens is 553 g/mol. The van der Waals surface area contributed by atoms with Crippen molar-refractivity contribution in [3.8, 4) is 11.1 Å². The lowest BCUT2D eigenvalue weighted by atomic mass is 10.0. The van der Waals surface area contributed by atoms with Gasteiger partial charge in [-0.15, -0.1) is 0 Å². The molecule has 0 fully saturated rings. The molecular formula is C29H27N2O5S3+. The Bertz CT molecular complexity index is 1710. The first kappa shape index (κ1) is 27.1. The molecule has 10 heteroatoms. The number of para-hydroxylation sites is 1. The van der Waals surface area contributed by atoms with Crippen molar-refractivity contribution >= 4 is 61.2 Å². The molecule has 0 saturated heterocycles. The van der Waals surface area contributed by atoms with Gasteiger partial charge in [-0.3, -0.25) is 4.55 Å². The predicted molar refractivity (Wildman–Crippen MR) is 158 cm³/mol. The van der Waals surface area contributed by atoms with Gasteiger partial charge in [0.05, 0.1) is 16.5 Å². The Labute approximate surface area is 235 Å². The summed E-state index contributed by atoms with van der Waals surface area (Å²) in [4.78, 5) is 14.5. The zero-order valence-electron chi connectivity index (χ0n) is 21.1. The number of hydrogen-bond acceptors (Lipinski definition) is 6. The van der Waals surface area contributed by atoms with Gasteiger partial charge in [-0.2, -0.15) is 13.0 Å². The summed E-state index contributed by atoms with van der Waals surface area (Å²) in [5.74, 6) is -1.32. The average molecular weight is 580 g/mol. The minimum atomic E-state index is -4.16. The topological polar surface area (TPSA) is 98.8 Å². The van der Waals surface area contributed by atoms with E-state index in [1.54, 1.807) is 16.3 Å². The maximum Gasteiger partial charge on any atom is 0.370 e. The molecule has 0 unspecified atom stereocenters. The number of carboxylic acids is 1. The molecule has 0 spiro atoms. The third-order valence-electron chi connectivity index (χ3n) is 6.37. The zero-order valence-corrected chi connectivity index (χ0v) is 23.6. The quantitative estimate of drug-likeness (QED) is 0.183. The fourth-order valence-corrected chi connectivity index (χ4v) is 7.17. The molecule has 0 atom stereocenters. The normalized spacial score (nSPS) is 14.8. The number of fused-ring (bicyclic) bond motifs is 2. The van der Waals surface area contributed by atoms with E-state index in [1.165, 1.54) is 11.3 Å². The first-order valence-electron chi connectivity index (χ1n) is 12.4. The number of thiazole rings is 1. The molecule has 5 rings (SSSR count). The number of aliphatic carboxylic acids is 1. The summed E-state index contributed by atoms with van der Waals surface area (Å²) in [6.45, 7) is 1.98. The van der Waals surface area contributed by atoms with Crippen LogP contribution >= 0.6 is 23.1 Å². The largest absolute Gasteiger partial charge is 0.477 e. The predicted octanol–water partition coefficient (Wildman–Crippen LogP) is 6.08. The van der Waals surface area contributed by atoms with Crippen molar-refractivity contribution in [2.75, 3.05) is 17.2 Å². The lowest BCUT2D eigenvalue weighted by Gasteiger charge is -2.20. The first-order valence-corrected chi connectivity index (χ1v) is 15.6. The zero-order chi connectivity index (χ0) is 27.6. The number of aromatic nitrogens is 1. The van der Waals surface area contributed by atoms with E-state index in [0.29, 0.717) is 6.42 Å². The van der Waals surface area contributed by atoms with Gasteiger partial charge in [0, 0.05) is 23.6 Å². The minimum Gasteiger partial charge on any atom is -0.477 e. The molecule has 0 aliphatic carbocycles. The van der Waals surface area contributed by atoms with Gasteiger partial charge < -0.3 is 10.0 Å². The molecule has 1 aromatic heterocycles. The first-order chi connectivity index (χ1) is 18.7. The van der Waals surface area contributed by atoms with Crippen molar-refractivity contribution in [3.05, 3.63) is 94.5 Å². The third kappa shape index (κ3) is 6.25. The maximum absolute atomic E-state index is 11.7. The summed E-state index contributed by atoms with van der Waals surface area (Å²) >= 11 is 3.08. The summed E-state index contributed by atoms with van der Waals surface area (Å²) in [5, 5.41) is 11.2. The van der Waals surface area contributed by atoms with Gasteiger partial charge >= 0.3 is 5.97 Å². The Morgan fingerprint density at radius 2 is 1.77 bits per heavy atom. The van der Waals surface area contributed by atoms with Crippen LogP contribution in [-0.2, 0) is 21.5 Å². The maximum atomic E-state index is 11.7. The number of rotatable bonds is 9. The molecule has 2 N–H and O–H groups in total. The summed E-state index contributed by atoms with van der Waals surface area (Å²) in [7, 11) is -4.16. The number of allylic oxidation sites excluding steroid dienone is 2. The third-order valence-corrected chi connectivity index (χ3v) is 9.29. The van der Waals surface area contributed by atoms with Gasteiger partial charge in [0.15, 0.2) is 0 Å². The van der Waals surface area contributed by atoms with Crippen LogP contribution in [0.25, 0.3) is 27.4 Å². The van der Waals surface area contributed by atoms with Crippen LogP contribution in [-0.4, -0.2) is 36.3 Å². The highest BCUT2D eigenvalue weighted by Gasteiger charge is 2.28. The Kier molecular flexibility index (Phi) is 7.90. The van der Waals surface area contributed by atoms with E-state index in [9.17, 15) is 22.9 Å². The fraction of sp³-hybridized carbons (Fsp3) is 0.172. The van der Waals surface area contributed by atoms with Crippen LogP contribution in [0.3, 0.4) is 0 Å². The lowest BCUT2D eigenvalue weighted by molar-refractivity contribution is -0.657. The summed E-state index contributed by atoms with van der Waals surface area (Å²) < 4.78 is 35.6. The number of anilines is 1. The van der Waals surface area contributed by atoms with E-state index in [4.69, 9.17) is 0 Å². The van der Waals surface area contributed by atoms with Crippen LogP contribution in [0.5, 0.6) is 0 Å². The summed E-state index contributed by atoms with van der Waals surface area (Å²) in [6, 6.07) is 23.8. The second-order valence-corrected chi connectivity index (χ2v) is 12.7. The van der Waals surface area contributed by atoms with Gasteiger partial charge in [-0.25, -0.2) is 4.79 Å². The van der Waals surface area contributed by atoms with E-state index < -0.39 is 21.8 Å². The fourth-order valence-electron chi connectivity index (χ4n) is 4.48. The number of carboxylic acid groups (broad SMARTS) is 1. The monoisotopic (exact) mass is 579 g/mol. The molecule has 7 nitrogen and oxygen atoms in total. The molecule has 39 heavy (non-hydrogen) atoms.